The number of oxazole rings is 1. The van der Waals surface area contributed by atoms with E-state index in [2.05, 4.69) is 4.98 Å². The van der Waals surface area contributed by atoms with Gasteiger partial charge in [0.15, 0.2) is 23.9 Å². The molecule has 2 heterocycles. The maximum atomic E-state index is 12.2. The van der Waals surface area contributed by atoms with Crippen LogP contribution in [0, 0.1) is 0 Å². The Kier molecular flexibility index (Phi) is 5.37. The van der Waals surface area contributed by atoms with Crippen molar-refractivity contribution in [3.05, 3.63) is 60.0 Å². The molecule has 29 heavy (non-hydrogen) atoms. The number of fused-ring (bicyclic) bond motifs is 1. The summed E-state index contributed by atoms with van der Waals surface area (Å²) in [5.74, 6) is -0.224. The third-order valence-corrected chi connectivity index (χ3v) is 4.82. The Morgan fingerprint density at radius 2 is 1.90 bits per heavy atom. The highest BCUT2D eigenvalue weighted by molar-refractivity contribution is 5.99. The highest BCUT2D eigenvalue weighted by atomic mass is 16.5. The SMILES string of the molecule is O=C(CCc1nc2ccccc2o1)OCC(=O)c1ccc(N2CCCC2=O)cc1. The lowest BCUT2D eigenvalue weighted by atomic mass is 10.1. The summed E-state index contributed by atoms with van der Waals surface area (Å²) in [6.07, 6.45) is 1.79. The molecule has 1 fully saturated rings. The predicted octanol–water partition coefficient (Wildman–Crippen LogP) is 3.31. The number of hydrogen-bond acceptors (Lipinski definition) is 6. The number of amides is 1. The molecule has 3 aromatic rings. The van der Waals surface area contributed by atoms with E-state index in [0.29, 0.717) is 36.4 Å². The number of benzene rings is 2. The van der Waals surface area contributed by atoms with Crippen molar-refractivity contribution in [3.8, 4) is 0 Å². The molecular formula is C22H20N2O5. The summed E-state index contributed by atoms with van der Waals surface area (Å²) in [6, 6.07) is 14.1. The second-order valence-electron chi connectivity index (χ2n) is 6.85. The summed E-state index contributed by atoms with van der Waals surface area (Å²) >= 11 is 0. The molecule has 2 aromatic carbocycles. The van der Waals surface area contributed by atoms with Crippen molar-refractivity contribution in [2.45, 2.75) is 25.7 Å². The molecule has 1 saturated heterocycles. The molecule has 0 N–H and O–H groups in total. The van der Waals surface area contributed by atoms with Crippen LogP contribution in [0.25, 0.3) is 11.1 Å². The average molecular weight is 392 g/mol. The lowest BCUT2D eigenvalue weighted by Gasteiger charge is -2.15. The molecule has 1 aliphatic rings. The Labute approximate surface area is 167 Å². The minimum Gasteiger partial charge on any atom is -0.457 e. The lowest BCUT2D eigenvalue weighted by molar-refractivity contribution is -0.142. The molecule has 148 valence electrons. The summed E-state index contributed by atoms with van der Waals surface area (Å²) in [5.41, 5.74) is 2.63. The van der Waals surface area contributed by atoms with E-state index in [1.807, 2.05) is 24.3 Å². The monoisotopic (exact) mass is 392 g/mol. The molecule has 1 aromatic heterocycles. The van der Waals surface area contributed by atoms with Crippen LogP contribution in [-0.4, -0.2) is 35.8 Å². The standard InChI is InChI=1S/C22H20N2O5/c25-18(15-7-9-16(10-8-15)24-13-3-6-21(24)26)14-28-22(27)12-11-20-23-17-4-1-2-5-19(17)29-20/h1-2,4-5,7-10H,3,6,11-14H2. The number of ether oxygens (including phenoxy) is 1. The van der Waals surface area contributed by atoms with Crippen LogP contribution in [0.4, 0.5) is 5.69 Å². The molecule has 7 heteroatoms. The third kappa shape index (κ3) is 4.34. The molecule has 4 rings (SSSR count). The Morgan fingerprint density at radius 3 is 2.62 bits per heavy atom. The Bertz CT molecular complexity index is 1020. The molecule has 0 radical (unpaired) electrons. The van der Waals surface area contributed by atoms with E-state index in [-0.39, 0.29) is 24.7 Å². The van der Waals surface area contributed by atoms with Gasteiger partial charge in [0.05, 0.1) is 6.42 Å². The minimum absolute atomic E-state index is 0.0795. The zero-order chi connectivity index (χ0) is 20.2. The maximum absolute atomic E-state index is 12.2. The molecule has 1 amide bonds. The van der Waals surface area contributed by atoms with Crippen molar-refractivity contribution in [2.75, 3.05) is 18.1 Å². The van der Waals surface area contributed by atoms with Crippen LogP contribution < -0.4 is 4.90 Å². The number of aryl methyl sites for hydroxylation is 1. The largest absolute Gasteiger partial charge is 0.457 e. The summed E-state index contributed by atoms with van der Waals surface area (Å²) in [5, 5.41) is 0. The molecule has 0 bridgehead atoms. The first-order chi connectivity index (χ1) is 14.1. The van der Waals surface area contributed by atoms with Gasteiger partial charge in [-0.3, -0.25) is 14.4 Å². The van der Waals surface area contributed by atoms with Crippen molar-refractivity contribution in [3.63, 3.8) is 0 Å². The van der Waals surface area contributed by atoms with Crippen molar-refractivity contribution in [1.82, 2.24) is 4.98 Å². The van der Waals surface area contributed by atoms with Gasteiger partial charge in [0, 0.05) is 30.6 Å². The maximum Gasteiger partial charge on any atom is 0.306 e. The summed E-state index contributed by atoms with van der Waals surface area (Å²) in [4.78, 5) is 42.0. The highest BCUT2D eigenvalue weighted by Crippen LogP contribution is 2.22. The molecule has 7 nitrogen and oxygen atoms in total. The van der Waals surface area contributed by atoms with Crippen LogP contribution in [0.1, 0.15) is 35.5 Å². The topological polar surface area (TPSA) is 89.7 Å². The zero-order valence-electron chi connectivity index (χ0n) is 15.8. The van der Waals surface area contributed by atoms with Gasteiger partial charge < -0.3 is 14.1 Å². The predicted molar refractivity (Wildman–Crippen MR) is 106 cm³/mol. The van der Waals surface area contributed by atoms with E-state index < -0.39 is 5.97 Å². The molecule has 0 spiro atoms. The average Bonchev–Trinajstić information content (AvgIpc) is 3.36. The van der Waals surface area contributed by atoms with Gasteiger partial charge in [-0.15, -0.1) is 0 Å². The second-order valence-corrected chi connectivity index (χ2v) is 6.85. The number of esters is 1. The fourth-order valence-corrected chi connectivity index (χ4v) is 3.29. The van der Waals surface area contributed by atoms with E-state index in [1.54, 1.807) is 29.2 Å². The quantitative estimate of drug-likeness (QED) is 0.453. The zero-order valence-corrected chi connectivity index (χ0v) is 15.8. The van der Waals surface area contributed by atoms with Gasteiger partial charge in [-0.1, -0.05) is 12.1 Å². The van der Waals surface area contributed by atoms with E-state index in [9.17, 15) is 14.4 Å². The number of nitrogens with zero attached hydrogens (tertiary/aromatic N) is 2. The lowest BCUT2D eigenvalue weighted by Crippen LogP contribution is -2.23. The van der Waals surface area contributed by atoms with Gasteiger partial charge in [0.1, 0.15) is 5.52 Å². The Morgan fingerprint density at radius 1 is 1.10 bits per heavy atom. The first-order valence-electron chi connectivity index (χ1n) is 9.54. The summed E-state index contributed by atoms with van der Waals surface area (Å²) in [7, 11) is 0. The molecule has 0 unspecified atom stereocenters. The first kappa shape index (κ1) is 18.9. The van der Waals surface area contributed by atoms with Crippen molar-refractivity contribution >= 4 is 34.4 Å². The number of carbonyl (C=O) groups is 3. The van der Waals surface area contributed by atoms with E-state index in [4.69, 9.17) is 9.15 Å². The van der Waals surface area contributed by atoms with Gasteiger partial charge >= 0.3 is 5.97 Å². The minimum atomic E-state index is -0.486. The third-order valence-electron chi connectivity index (χ3n) is 4.82. The second kappa shape index (κ2) is 8.26. The van der Waals surface area contributed by atoms with Gasteiger partial charge in [0.25, 0.3) is 0 Å². The van der Waals surface area contributed by atoms with E-state index >= 15 is 0 Å². The number of ketones is 1. The highest BCUT2D eigenvalue weighted by Gasteiger charge is 2.21. The summed E-state index contributed by atoms with van der Waals surface area (Å²) < 4.78 is 10.6. The molecule has 0 saturated carbocycles. The number of Topliss-reactive ketones (excluding diaryl/α,β-unsaturated/α-hetero) is 1. The first-order valence-corrected chi connectivity index (χ1v) is 9.54. The van der Waals surface area contributed by atoms with Gasteiger partial charge in [0.2, 0.25) is 5.91 Å². The molecule has 1 aliphatic heterocycles. The van der Waals surface area contributed by atoms with E-state index in [1.165, 1.54) is 0 Å². The van der Waals surface area contributed by atoms with Crippen LogP contribution in [-0.2, 0) is 20.7 Å². The molecule has 0 atom stereocenters. The van der Waals surface area contributed by atoms with Crippen LogP contribution in [0.3, 0.4) is 0 Å². The molecular weight excluding hydrogens is 372 g/mol. The number of hydrogen-bond donors (Lipinski definition) is 0. The van der Waals surface area contributed by atoms with Crippen molar-refractivity contribution in [2.24, 2.45) is 0 Å². The smallest absolute Gasteiger partial charge is 0.306 e. The van der Waals surface area contributed by atoms with Crippen LogP contribution in [0.2, 0.25) is 0 Å². The number of aromatic nitrogens is 1. The fourth-order valence-electron chi connectivity index (χ4n) is 3.29. The van der Waals surface area contributed by atoms with E-state index in [0.717, 1.165) is 17.6 Å². The van der Waals surface area contributed by atoms with Gasteiger partial charge in [-0.25, -0.2) is 4.98 Å². The van der Waals surface area contributed by atoms with Gasteiger partial charge in [-0.2, -0.15) is 0 Å². The van der Waals surface area contributed by atoms with Crippen molar-refractivity contribution < 1.29 is 23.5 Å². The van der Waals surface area contributed by atoms with Crippen LogP contribution in [0.5, 0.6) is 0 Å². The van der Waals surface area contributed by atoms with Crippen LogP contribution >= 0.6 is 0 Å². The summed E-state index contributed by atoms with van der Waals surface area (Å²) in [6.45, 7) is 0.373. The molecule has 0 aliphatic carbocycles. The number of rotatable bonds is 7. The number of anilines is 1. The van der Waals surface area contributed by atoms with Crippen LogP contribution in [0.15, 0.2) is 52.9 Å². The Balaban J connectivity index is 1.26. The van der Waals surface area contributed by atoms with Crippen molar-refractivity contribution in [1.29, 1.82) is 0 Å². The Hall–Kier alpha value is -3.48. The normalized spacial score (nSPS) is 13.8. The van der Waals surface area contributed by atoms with Gasteiger partial charge in [-0.05, 0) is 42.8 Å². The fraction of sp³-hybridized carbons (Fsp3) is 0.273. The number of carbonyl (C=O) groups excluding carboxylic acids is 3. The number of para-hydroxylation sites is 2.